The number of hydrogen-bond donors (Lipinski definition) is 3. The Bertz CT molecular complexity index is 1020. The van der Waals surface area contributed by atoms with Gasteiger partial charge >= 0.3 is 0 Å². The lowest BCUT2D eigenvalue weighted by Gasteiger charge is -2.07. The van der Waals surface area contributed by atoms with Gasteiger partial charge in [-0.25, -0.2) is 9.82 Å². The van der Waals surface area contributed by atoms with Crippen molar-refractivity contribution in [1.29, 1.82) is 0 Å². The third-order valence-electron chi connectivity index (χ3n) is 3.81. The molecule has 0 atom stereocenters. The van der Waals surface area contributed by atoms with Crippen molar-refractivity contribution in [2.75, 3.05) is 0 Å². The van der Waals surface area contributed by atoms with E-state index >= 15 is 0 Å². The number of hydrazone groups is 1. The second-order valence-electron chi connectivity index (χ2n) is 5.85. The van der Waals surface area contributed by atoms with Crippen molar-refractivity contribution in [3.8, 4) is 17.2 Å². The molecule has 0 saturated carbocycles. The van der Waals surface area contributed by atoms with E-state index in [9.17, 15) is 19.4 Å². The number of phenolic OH excluding ortho intramolecular Hbond substituents is 2. The lowest BCUT2D eigenvalue weighted by molar-refractivity contribution is 0.0952. The number of ether oxygens (including phenoxy) is 1. The zero-order valence-corrected chi connectivity index (χ0v) is 14.7. The monoisotopic (exact) mass is 380 g/mol. The van der Waals surface area contributed by atoms with Crippen molar-refractivity contribution < 1.29 is 24.1 Å². The van der Waals surface area contributed by atoms with Crippen molar-refractivity contribution in [3.63, 3.8) is 0 Å². The fourth-order valence-corrected chi connectivity index (χ4v) is 2.39. The van der Waals surface area contributed by atoms with Gasteiger partial charge in [-0.05, 0) is 42.0 Å². The van der Waals surface area contributed by atoms with Crippen LogP contribution < -0.4 is 10.2 Å². The number of nitrogens with one attached hydrogen (secondary N) is 1. The van der Waals surface area contributed by atoms with Gasteiger partial charge in [0.05, 0.1) is 11.8 Å². The van der Waals surface area contributed by atoms with Crippen LogP contribution in [0.2, 0.25) is 0 Å². The van der Waals surface area contributed by atoms with Gasteiger partial charge in [0.15, 0.2) is 0 Å². The highest BCUT2D eigenvalue weighted by molar-refractivity contribution is 5.97. The van der Waals surface area contributed by atoms with E-state index in [0.29, 0.717) is 16.9 Å². The molecule has 3 aromatic carbocycles. The molecule has 0 heterocycles. The Labute approximate surface area is 160 Å². The van der Waals surface area contributed by atoms with Crippen LogP contribution in [-0.4, -0.2) is 22.3 Å². The molecule has 28 heavy (non-hydrogen) atoms. The zero-order chi connectivity index (χ0) is 19.9. The van der Waals surface area contributed by atoms with Gasteiger partial charge in [-0.2, -0.15) is 5.10 Å². The summed E-state index contributed by atoms with van der Waals surface area (Å²) >= 11 is 0. The zero-order valence-electron chi connectivity index (χ0n) is 14.7. The third-order valence-corrected chi connectivity index (χ3v) is 3.81. The average molecular weight is 380 g/mol. The Balaban J connectivity index is 1.61. The summed E-state index contributed by atoms with van der Waals surface area (Å²) in [6, 6.07) is 16.9. The molecule has 0 unspecified atom stereocenters. The van der Waals surface area contributed by atoms with Crippen LogP contribution in [0.1, 0.15) is 21.5 Å². The molecule has 3 aromatic rings. The summed E-state index contributed by atoms with van der Waals surface area (Å²) in [4.78, 5) is 12.0. The Kier molecular flexibility index (Phi) is 5.86. The summed E-state index contributed by atoms with van der Waals surface area (Å²) in [7, 11) is 0. The minimum Gasteiger partial charge on any atom is -0.508 e. The first kappa shape index (κ1) is 18.9. The molecule has 0 bridgehead atoms. The van der Waals surface area contributed by atoms with Crippen LogP contribution in [-0.2, 0) is 6.61 Å². The molecule has 0 radical (unpaired) electrons. The molecule has 0 spiro atoms. The molecule has 1 amide bonds. The maximum Gasteiger partial charge on any atom is 0.275 e. The topological polar surface area (TPSA) is 91.2 Å². The van der Waals surface area contributed by atoms with Crippen LogP contribution in [0.4, 0.5) is 4.39 Å². The number of halogens is 1. The van der Waals surface area contributed by atoms with Crippen LogP contribution >= 0.6 is 0 Å². The van der Waals surface area contributed by atoms with E-state index in [0.717, 1.165) is 6.07 Å². The number of amides is 1. The Morgan fingerprint density at radius 1 is 1.07 bits per heavy atom. The molecular formula is C21H17FN2O4. The van der Waals surface area contributed by atoms with Crippen LogP contribution in [0.15, 0.2) is 71.8 Å². The summed E-state index contributed by atoms with van der Waals surface area (Å²) in [5.41, 5.74) is 3.26. The number of carbonyl (C=O) groups is 1. The van der Waals surface area contributed by atoms with Crippen molar-refractivity contribution in [3.05, 3.63) is 89.2 Å². The highest BCUT2D eigenvalue weighted by Gasteiger charge is 2.11. The molecule has 0 aliphatic carbocycles. The molecular weight excluding hydrogens is 363 g/mol. The van der Waals surface area contributed by atoms with Gasteiger partial charge < -0.3 is 14.9 Å². The summed E-state index contributed by atoms with van der Waals surface area (Å²) < 4.78 is 19.2. The van der Waals surface area contributed by atoms with Crippen LogP contribution in [0.25, 0.3) is 0 Å². The number of carbonyl (C=O) groups excluding carboxylic acids is 1. The predicted octanol–water partition coefficient (Wildman–Crippen LogP) is 3.58. The fourth-order valence-electron chi connectivity index (χ4n) is 2.39. The molecule has 6 nitrogen and oxygen atoms in total. The van der Waals surface area contributed by atoms with Crippen LogP contribution in [0.5, 0.6) is 17.2 Å². The Hall–Kier alpha value is -3.87. The van der Waals surface area contributed by atoms with E-state index in [1.807, 2.05) is 0 Å². The van der Waals surface area contributed by atoms with Crippen molar-refractivity contribution >= 4 is 12.1 Å². The molecule has 7 heteroatoms. The number of nitrogens with zero attached hydrogens (tertiary/aromatic N) is 1. The van der Waals surface area contributed by atoms with Gasteiger partial charge in [-0.3, -0.25) is 4.79 Å². The Morgan fingerprint density at radius 2 is 1.89 bits per heavy atom. The molecule has 0 fully saturated rings. The van der Waals surface area contributed by atoms with Gasteiger partial charge in [0, 0.05) is 5.56 Å². The predicted molar refractivity (Wildman–Crippen MR) is 102 cm³/mol. The van der Waals surface area contributed by atoms with E-state index in [-0.39, 0.29) is 29.5 Å². The molecule has 3 N–H and O–H groups in total. The van der Waals surface area contributed by atoms with E-state index in [4.69, 9.17) is 4.74 Å². The lowest BCUT2D eigenvalue weighted by atomic mass is 10.2. The van der Waals surface area contributed by atoms with E-state index in [1.165, 1.54) is 24.4 Å². The van der Waals surface area contributed by atoms with E-state index < -0.39 is 5.91 Å². The summed E-state index contributed by atoms with van der Waals surface area (Å²) in [5.74, 6) is -0.903. The summed E-state index contributed by atoms with van der Waals surface area (Å²) in [5, 5.41) is 22.9. The van der Waals surface area contributed by atoms with Gasteiger partial charge in [0.1, 0.15) is 29.7 Å². The van der Waals surface area contributed by atoms with Gasteiger partial charge in [-0.15, -0.1) is 0 Å². The maximum atomic E-state index is 13.6. The van der Waals surface area contributed by atoms with Crippen LogP contribution in [0, 0.1) is 5.82 Å². The highest BCUT2D eigenvalue weighted by Crippen LogP contribution is 2.21. The van der Waals surface area contributed by atoms with Gasteiger partial charge in [-0.1, -0.05) is 30.3 Å². The molecule has 3 rings (SSSR count). The van der Waals surface area contributed by atoms with E-state index in [2.05, 4.69) is 10.5 Å². The average Bonchev–Trinajstić information content (AvgIpc) is 2.69. The van der Waals surface area contributed by atoms with E-state index in [1.54, 1.807) is 42.5 Å². The first-order chi connectivity index (χ1) is 13.5. The first-order valence-corrected chi connectivity index (χ1v) is 8.34. The standard InChI is InChI=1S/C21H17FN2O4/c22-19-7-2-1-5-15(19)13-28-17-6-3-4-14(10-17)12-23-24-21(27)18-11-16(25)8-9-20(18)26/h1-12,25-26H,13H2,(H,24,27)/b23-12-. The number of hydrogen-bond acceptors (Lipinski definition) is 5. The smallest absolute Gasteiger partial charge is 0.275 e. The fraction of sp³-hybridized carbons (Fsp3) is 0.0476. The SMILES string of the molecule is O=C(N/N=C\c1cccc(OCc2ccccc2F)c1)c1cc(O)ccc1O. The quantitative estimate of drug-likeness (QED) is 0.346. The van der Waals surface area contributed by atoms with Crippen molar-refractivity contribution in [2.45, 2.75) is 6.61 Å². The van der Waals surface area contributed by atoms with Crippen LogP contribution in [0.3, 0.4) is 0 Å². The number of rotatable bonds is 6. The number of aromatic hydroxyl groups is 2. The minimum absolute atomic E-state index is 0.0841. The largest absolute Gasteiger partial charge is 0.508 e. The number of phenols is 2. The summed E-state index contributed by atoms with van der Waals surface area (Å²) in [6.07, 6.45) is 1.40. The second-order valence-corrected chi connectivity index (χ2v) is 5.85. The normalized spacial score (nSPS) is 10.8. The highest BCUT2D eigenvalue weighted by atomic mass is 19.1. The second kappa shape index (κ2) is 8.68. The minimum atomic E-state index is -0.670. The van der Waals surface area contributed by atoms with Gasteiger partial charge in [0.2, 0.25) is 0 Å². The summed E-state index contributed by atoms with van der Waals surface area (Å²) in [6.45, 7) is 0.0841. The lowest BCUT2D eigenvalue weighted by Crippen LogP contribution is -2.17. The molecule has 0 aliphatic rings. The molecule has 0 saturated heterocycles. The van der Waals surface area contributed by atoms with Crippen molar-refractivity contribution in [1.82, 2.24) is 5.43 Å². The van der Waals surface area contributed by atoms with Gasteiger partial charge in [0.25, 0.3) is 5.91 Å². The maximum absolute atomic E-state index is 13.6. The third kappa shape index (κ3) is 4.85. The number of benzene rings is 3. The Morgan fingerprint density at radius 3 is 2.71 bits per heavy atom. The molecule has 0 aliphatic heterocycles. The molecule has 0 aromatic heterocycles. The molecule has 142 valence electrons. The van der Waals surface area contributed by atoms with Crippen molar-refractivity contribution in [2.24, 2.45) is 5.10 Å². The first-order valence-electron chi connectivity index (χ1n) is 8.34.